The number of pyridine rings is 1. The molecule has 0 fully saturated rings. The first-order valence-electron chi connectivity index (χ1n) is 5.49. The standard InChI is InChI=1S/C13H12N2O3/c1-17-10-5-8-7-3-4-14-13(16)12(7)15-9(8)6-11(10)18-2/h3-6,15H,1-2H3,(H,14,16). The fourth-order valence-electron chi connectivity index (χ4n) is 2.17. The van der Waals surface area contributed by atoms with Gasteiger partial charge in [0, 0.05) is 23.0 Å². The van der Waals surface area contributed by atoms with Gasteiger partial charge in [-0.2, -0.15) is 0 Å². The lowest BCUT2D eigenvalue weighted by atomic mass is 10.1. The van der Waals surface area contributed by atoms with E-state index in [4.69, 9.17) is 9.47 Å². The van der Waals surface area contributed by atoms with Gasteiger partial charge in [0.2, 0.25) is 0 Å². The number of aromatic amines is 2. The maximum atomic E-state index is 11.7. The highest BCUT2D eigenvalue weighted by molar-refractivity contribution is 6.07. The molecule has 3 aromatic rings. The van der Waals surface area contributed by atoms with Crippen molar-refractivity contribution in [2.24, 2.45) is 0 Å². The Morgan fingerprint density at radius 1 is 1.06 bits per heavy atom. The van der Waals surface area contributed by atoms with E-state index in [0.717, 1.165) is 16.3 Å². The van der Waals surface area contributed by atoms with Crippen LogP contribution in [0.2, 0.25) is 0 Å². The molecule has 2 aromatic heterocycles. The van der Waals surface area contributed by atoms with E-state index in [1.54, 1.807) is 20.4 Å². The highest BCUT2D eigenvalue weighted by atomic mass is 16.5. The molecule has 5 nitrogen and oxygen atoms in total. The summed E-state index contributed by atoms with van der Waals surface area (Å²) in [4.78, 5) is 17.4. The highest BCUT2D eigenvalue weighted by Gasteiger charge is 2.11. The average Bonchev–Trinajstić information content (AvgIpc) is 2.76. The lowest BCUT2D eigenvalue weighted by Gasteiger charge is -2.06. The zero-order valence-corrected chi connectivity index (χ0v) is 10.0. The van der Waals surface area contributed by atoms with Gasteiger partial charge in [0.05, 0.1) is 19.7 Å². The van der Waals surface area contributed by atoms with Gasteiger partial charge in [-0.15, -0.1) is 0 Å². The predicted molar refractivity (Wildman–Crippen MR) is 69.5 cm³/mol. The van der Waals surface area contributed by atoms with Crippen molar-refractivity contribution in [2.45, 2.75) is 0 Å². The molecule has 0 unspecified atom stereocenters. The number of hydrogen-bond donors (Lipinski definition) is 2. The number of ether oxygens (including phenoxy) is 2. The van der Waals surface area contributed by atoms with Crippen molar-refractivity contribution in [2.75, 3.05) is 14.2 Å². The molecule has 2 heterocycles. The first kappa shape index (κ1) is 10.7. The molecule has 0 amide bonds. The summed E-state index contributed by atoms with van der Waals surface area (Å²) in [6.45, 7) is 0. The first-order chi connectivity index (χ1) is 8.74. The monoisotopic (exact) mass is 244 g/mol. The quantitative estimate of drug-likeness (QED) is 0.724. The molecule has 5 heteroatoms. The van der Waals surface area contributed by atoms with Crippen LogP contribution in [-0.4, -0.2) is 24.2 Å². The molecule has 0 bridgehead atoms. The summed E-state index contributed by atoms with van der Waals surface area (Å²) in [5.41, 5.74) is 1.27. The van der Waals surface area contributed by atoms with E-state index < -0.39 is 0 Å². The van der Waals surface area contributed by atoms with Gasteiger partial charge >= 0.3 is 0 Å². The fraction of sp³-hybridized carbons (Fsp3) is 0.154. The molecule has 18 heavy (non-hydrogen) atoms. The van der Waals surface area contributed by atoms with Crippen LogP contribution in [0.5, 0.6) is 11.5 Å². The lowest BCUT2D eigenvalue weighted by Crippen LogP contribution is -2.03. The number of benzene rings is 1. The number of methoxy groups -OCH3 is 2. The number of rotatable bonds is 2. The zero-order chi connectivity index (χ0) is 12.7. The third-order valence-electron chi connectivity index (χ3n) is 3.03. The van der Waals surface area contributed by atoms with Crippen LogP contribution in [0.25, 0.3) is 21.8 Å². The van der Waals surface area contributed by atoms with Gasteiger partial charge in [-0.05, 0) is 12.1 Å². The smallest absolute Gasteiger partial charge is 0.272 e. The summed E-state index contributed by atoms with van der Waals surface area (Å²) >= 11 is 0. The van der Waals surface area contributed by atoms with Crippen molar-refractivity contribution in [3.05, 3.63) is 34.7 Å². The largest absolute Gasteiger partial charge is 0.493 e. The van der Waals surface area contributed by atoms with Gasteiger partial charge in [-0.25, -0.2) is 0 Å². The van der Waals surface area contributed by atoms with Crippen molar-refractivity contribution in [3.8, 4) is 11.5 Å². The number of aromatic nitrogens is 2. The maximum absolute atomic E-state index is 11.7. The number of hydrogen-bond acceptors (Lipinski definition) is 3. The molecule has 1 aromatic carbocycles. The zero-order valence-electron chi connectivity index (χ0n) is 10.0. The van der Waals surface area contributed by atoms with Crippen molar-refractivity contribution in [1.29, 1.82) is 0 Å². The molecule has 3 rings (SSSR count). The van der Waals surface area contributed by atoms with E-state index in [2.05, 4.69) is 9.97 Å². The Bertz CT molecular complexity index is 786. The van der Waals surface area contributed by atoms with Gasteiger partial charge in [0.1, 0.15) is 5.52 Å². The number of H-pyrrole nitrogens is 2. The summed E-state index contributed by atoms with van der Waals surface area (Å²) in [6.07, 6.45) is 1.63. The van der Waals surface area contributed by atoms with Gasteiger partial charge in [-0.3, -0.25) is 4.79 Å². The third-order valence-corrected chi connectivity index (χ3v) is 3.03. The molecule has 92 valence electrons. The SMILES string of the molecule is COc1cc2[nH]c3c(=O)[nH]ccc3c2cc1OC. The van der Waals surface area contributed by atoms with Crippen LogP contribution in [0, 0.1) is 0 Å². The van der Waals surface area contributed by atoms with Crippen LogP contribution in [0.4, 0.5) is 0 Å². The Balaban J connectivity index is 2.47. The Hall–Kier alpha value is -2.43. The molecule has 2 N–H and O–H groups in total. The van der Waals surface area contributed by atoms with Crippen LogP contribution < -0.4 is 15.0 Å². The van der Waals surface area contributed by atoms with Gasteiger partial charge in [0.15, 0.2) is 11.5 Å². The van der Waals surface area contributed by atoms with E-state index in [1.807, 2.05) is 18.2 Å². The van der Waals surface area contributed by atoms with E-state index in [0.29, 0.717) is 17.0 Å². The van der Waals surface area contributed by atoms with Gasteiger partial charge in [0.25, 0.3) is 5.56 Å². The number of fused-ring (bicyclic) bond motifs is 3. The summed E-state index contributed by atoms with van der Waals surface area (Å²) in [5, 5.41) is 1.81. The van der Waals surface area contributed by atoms with E-state index in [1.165, 1.54) is 0 Å². The third kappa shape index (κ3) is 1.37. The molecule has 0 aliphatic rings. The molecule has 0 spiro atoms. The second-order valence-electron chi connectivity index (χ2n) is 3.97. The average molecular weight is 244 g/mol. The van der Waals surface area contributed by atoms with E-state index in [9.17, 15) is 4.79 Å². The van der Waals surface area contributed by atoms with Crippen LogP contribution in [-0.2, 0) is 0 Å². The molecule has 0 atom stereocenters. The van der Waals surface area contributed by atoms with Crippen LogP contribution >= 0.6 is 0 Å². The van der Waals surface area contributed by atoms with Crippen molar-refractivity contribution < 1.29 is 9.47 Å². The van der Waals surface area contributed by atoms with Crippen LogP contribution in [0.1, 0.15) is 0 Å². The minimum atomic E-state index is -0.137. The maximum Gasteiger partial charge on any atom is 0.272 e. The lowest BCUT2D eigenvalue weighted by molar-refractivity contribution is 0.356. The van der Waals surface area contributed by atoms with Gasteiger partial charge in [-0.1, -0.05) is 0 Å². The Morgan fingerprint density at radius 2 is 1.78 bits per heavy atom. The van der Waals surface area contributed by atoms with Crippen LogP contribution in [0.15, 0.2) is 29.2 Å². The van der Waals surface area contributed by atoms with Crippen molar-refractivity contribution >= 4 is 21.8 Å². The Kier molecular flexibility index (Phi) is 2.26. The minimum Gasteiger partial charge on any atom is -0.493 e. The van der Waals surface area contributed by atoms with Crippen LogP contribution in [0.3, 0.4) is 0 Å². The second kappa shape index (κ2) is 3.80. The number of nitrogens with one attached hydrogen (secondary N) is 2. The minimum absolute atomic E-state index is 0.137. The molecule has 0 aliphatic carbocycles. The van der Waals surface area contributed by atoms with E-state index >= 15 is 0 Å². The van der Waals surface area contributed by atoms with Crippen molar-refractivity contribution in [1.82, 2.24) is 9.97 Å². The fourth-order valence-corrected chi connectivity index (χ4v) is 2.17. The van der Waals surface area contributed by atoms with E-state index in [-0.39, 0.29) is 5.56 Å². The molecular formula is C13H12N2O3. The normalized spacial score (nSPS) is 11.0. The topological polar surface area (TPSA) is 67.1 Å². The summed E-state index contributed by atoms with van der Waals surface area (Å²) in [6, 6.07) is 5.56. The molecule has 0 radical (unpaired) electrons. The molecule has 0 aliphatic heterocycles. The first-order valence-corrected chi connectivity index (χ1v) is 5.49. The predicted octanol–water partition coefficient (Wildman–Crippen LogP) is 2.03. The Morgan fingerprint density at radius 3 is 2.50 bits per heavy atom. The molecule has 0 saturated carbocycles. The Labute approximate surface area is 102 Å². The van der Waals surface area contributed by atoms with Crippen molar-refractivity contribution in [3.63, 3.8) is 0 Å². The van der Waals surface area contributed by atoms with Gasteiger partial charge < -0.3 is 19.4 Å². The molecular weight excluding hydrogens is 232 g/mol. The molecule has 0 saturated heterocycles. The summed E-state index contributed by atoms with van der Waals surface area (Å²) < 4.78 is 10.5. The second-order valence-corrected chi connectivity index (χ2v) is 3.97. The highest BCUT2D eigenvalue weighted by Crippen LogP contribution is 2.34. The summed E-state index contributed by atoms with van der Waals surface area (Å²) in [7, 11) is 3.17. The summed E-state index contributed by atoms with van der Waals surface area (Å²) in [5.74, 6) is 1.28.